The SMILES string of the molecule is O=C(CCn1cc([N+](=O)[O-])cn1)NC[C@H]1CCCS1. The molecule has 2 rings (SSSR count). The van der Waals surface area contributed by atoms with Crippen molar-refractivity contribution in [2.75, 3.05) is 12.3 Å². The number of nitrogens with zero attached hydrogens (tertiary/aromatic N) is 3. The molecule has 1 fully saturated rings. The van der Waals surface area contributed by atoms with Gasteiger partial charge in [-0.1, -0.05) is 0 Å². The zero-order valence-corrected chi connectivity index (χ0v) is 11.3. The van der Waals surface area contributed by atoms with Crippen molar-refractivity contribution in [3.8, 4) is 0 Å². The number of carbonyl (C=O) groups excluding carboxylic acids is 1. The van der Waals surface area contributed by atoms with Crippen molar-refractivity contribution in [2.45, 2.75) is 31.1 Å². The van der Waals surface area contributed by atoms with Crippen molar-refractivity contribution < 1.29 is 9.72 Å². The normalized spacial score (nSPS) is 18.4. The Morgan fingerprint density at radius 2 is 2.53 bits per heavy atom. The lowest BCUT2D eigenvalue weighted by molar-refractivity contribution is -0.385. The lowest BCUT2D eigenvalue weighted by Gasteiger charge is -2.09. The molecule has 0 spiro atoms. The first-order valence-corrected chi connectivity index (χ1v) is 7.25. The first-order valence-electron chi connectivity index (χ1n) is 6.20. The molecule has 0 saturated carbocycles. The maximum absolute atomic E-state index is 11.6. The summed E-state index contributed by atoms with van der Waals surface area (Å²) in [5.41, 5.74) is -0.0530. The Morgan fingerprint density at radius 3 is 3.16 bits per heavy atom. The van der Waals surface area contributed by atoms with E-state index in [1.807, 2.05) is 11.8 Å². The van der Waals surface area contributed by atoms with Gasteiger partial charge in [0.1, 0.15) is 12.4 Å². The summed E-state index contributed by atoms with van der Waals surface area (Å²) in [6, 6.07) is 0. The third kappa shape index (κ3) is 4.23. The van der Waals surface area contributed by atoms with E-state index >= 15 is 0 Å². The first-order chi connectivity index (χ1) is 9.15. The van der Waals surface area contributed by atoms with Gasteiger partial charge in [0.25, 0.3) is 0 Å². The van der Waals surface area contributed by atoms with Gasteiger partial charge in [0.15, 0.2) is 0 Å². The van der Waals surface area contributed by atoms with Gasteiger partial charge < -0.3 is 5.32 Å². The van der Waals surface area contributed by atoms with Crippen molar-refractivity contribution in [1.29, 1.82) is 0 Å². The molecule has 2 heterocycles. The van der Waals surface area contributed by atoms with Crippen LogP contribution in [-0.2, 0) is 11.3 Å². The molecule has 104 valence electrons. The van der Waals surface area contributed by atoms with Crippen LogP contribution in [0, 0.1) is 10.1 Å². The highest BCUT2D eigenvalue weighted by atomic mass is 32.2. The van der Waals surface area contributed by atoms with Crippen LogP contribution in [0.5, 0.6) is 0 Å². The van der Waals surface area contributed by atoms with Gasteiger partial charge >= 0.3 is 5.69 Å². The van der Waals surface area contributed by atoms with Crippen molar-refractivity contribution in [2.24, 2.45) is 0 Å². The molecule has 1 aromatic rings. The van der Waals surface area contributed by atoms with Crippen LogP contribution in [-0.4, -0.2) is 38.2 Å². The van der Waals surface area contributed by atoms with Crippen molar-refractivity contribution in [3.63, 3.8) is 0 Å². The van der Waals surface area contributed by atoms with Gasteiger partial charge in [0.05, 0.1) is 4.92 Å². The fourth-order valence-electron chi connectivity index (χ4n) is 1.91. The second kappa shape index (κ2) is 6.55. The quantitative estimate of drug-likeness (QED) is 0.626. The van der Waals surface area contributed by atoms with E-state index in [9.17, 15) is 14.9 Å². The van der Waals surface area contributed by atoms with E-state index in [4.69, 9.17) is 0 Å². The van der Waals surface area contributed by atoms with Crippen molar-refractivity contribution in [1.82, 2.24) is 15.1 Å². The molecule has 0 radical (unpaired) electrons. The molecule has 1 atom stereocenters. The largest absolute Gasteiger partial charge is 0.355 e. The van der Waals surface area contributed by atoms with Crippen LogP contribution in [0.2, 0.25) is 0 Å². The molecule has 1 saturated heterocycles. The van der Waals surface area contributed by atoms with Crippen LogP contribution in [0.3, 0.4) is 0 Å². The summed E-state index contributed by atoms with van der Waals surface area (Å²) in [6.45, 7) is 1.07. The van der Waals surface area contributed by atoms with Gasteiger partial charge in [-0.3, -0.25) is 19.6 Å². The highest BCUT2D eigenvalue weighted by Crippen LogP contribution is 2.25. The fourth-order valence-corrected chi connectivity index (χ4v) is 3.11. The highest BCUT2D eigenvalue weighted by molar-refractivity contribution is 8.00. The van der Waals surface area contributed by atoms with E-state index in [1.165, 1.54) is 29.2 Å². The summed E-state index contributed by atoms with van der Waals surface area (Å²) in [5, 5.41) is 17.7. The second-order valence-corrected chi connectivity index (χ2v) is 5.82. The lowest BCUT2D eigenvalue weighted by Crippen LogP contribution is -2.30. The van der Waals surface area contributed by atoms with Gasteiger partial charge in [-0.15, -0.1) is 0 Å². The maximum atomic E-state index is 11.6. The van der Waals surface area contributed by atoms with Crippen LogP contribution in [0.15, 0.2) is 12.4 Å². The average molecular weight is 284 g/mol. The Morgan fingerprint density at radius 1 is 1.68 bits per heavy atom. The Labute approximate surface area is 114 Å². The fraction of sp³-hybridized carbons (Fsp3) is 0.636. The summed E-state index contributed by atoms with van der Waals surface area (Å²) in [7, 11) is 0. The molecule has 1 amide bonds. The van der Waals surface area contributed by atoms with Crippen LogP contribution < -0.4 is 5.32 Å². The van der Waals surface area contributed by atoms with E-state index in [2.05, 4.69) is 10.4 Å². The van der Waals surface area contributed by atoms with E-state index < -0.39 is 4.92 Å². The molecule has 1 aromatic heterocycles. The summed E-state index contributed by atoms with van der Waals surface area (Å²) < 4.78 is 1.42. The maximum Gasteiger partial charge on any atom is 0.306 e. The molecule has 0 aliphatic carbocycles. The molecule has 0 unspecified atom stereocenters. The predicted molar refractivity (Wildman–Crippen MR) is 72.0 cm³/mol. The van der Waals surface area contributed by atoms with Crippen LogP contribution in [0.1, 0.15) is 19.3 Å². The van der Waals surface area contributed by atoms with Crippen LogP contribution in [0.25, 0.3) is 0 Å². The highest BCUT2D eigenvalue weighted by Gasteiger charge is 2.16. The number of nitro groups is 1. The summed E-state index contributed by atoms with van der Waals surface area (Å²) in [6.07, 6.45) is 5.20. The molecule has 19 heavy (non-hydrogen) atoms. The monoisotopic (exact) mass is 284 g/mol. The second-order valence-electron chi connectivity index (χ2n) is 4.41. The molecule has 8 heteroatoms. The number of nitrogens with one attached hydrogen (secondary N) is 1. The molecule has 0 bridgehead atoms. The zero-order chi connectivity index (χ0) is 13.7. The molecule has 1 aliphatic heterocycles. The number of amides is 1. The minimum absolute atomic E-state index is 0.0364. The molecular formula is C11H16N4O3S. The number of aryl methyl sites for hydroxylation is 1. The average Bonchev–Trinajstić information content (AvgIpc) is 3.05. The third-order valence-electron chi connectivity index (χ3n) is 2.95. The number of aromatic nitrogens is 2. The van der Waals surface area contributed by atoms with Gasteiger partial charge in [-0.2, -0.15) is 16.9 Å². The minimum Gasteiger partial charge on any atom is -0.355 e. The summed E-state index contributed by atoms with van der Waals surface area (Å²) in [5.74, 6) is 1.14. The zero-order valence-electron chi connectivity index (χ0n) is 10.4. The van der Waals surface area contributed by atoms with Crippen molar-refractivity contribution >= 4 is 23.4 Å². The van der Waals surface area contributed by atoms with E-state index in [0.29, 0.717) is 18.3 Å². The third-order valence-corrected chi connectivity index (χ3v) is 4.35. The van der Waals surface area contributed by atoms with Crippen LogP contribution in [0.4, 0.5) is 5.69 Å². The smallest absolute Gasteiger partial charge is 0.306 e. The van der Waals surface area contributed by atoms with Gasteiger partial charge in [0, 0.05) is 24.8 Å². The standard InChI is InChI=1S/C11H16N4O3S/c16-11(12-7-10-2-1-5-19-10)3-4-14-8-9(6-13-14)15(17)18/h6,8,10H,1-5,7H2,(H,12,16)/t10-/m1/s1. The number of hydrogen-bond acceptors (Lipinski definition) is 5. The molecule has 0 aromatic carbocycles. The van der Waals surface area contributed by atoms with E-state index in [1.54, 1.807) is 0 Å². The predicted octanol–water partition coefficient (Wildman–Crippen LogP) is 1.19. The molecule has 1 aliphatic rings. The van der Waals surface area contributed by atoms with Crippen molar-refractivity contribution in [3.05, 3.63) is 22.5 Å². The Kier molecular flexibility index (Phi) is 4.78. The van der Waals surface area contributed by atoms with Gasteiger partial charge in [-0.25, -0.2) is 0 Å². The number of rotatable bonds is 6. The number of carbonyl (C=O) groups is 1. The summed E-state index contributed by atoms with van der Waals surface area (Å²) >= 11 is 1.90. The van der Waals surface area contributed by atoms with Crippen LogP contribution >= 0.6 is 11.8 Å². The minimum atomic E-state index is -0.499. The van der Waals surface area contributed by atoms with E-state index in [-0.39, 0.29) is 18.0 Å². The van der Waals surface area contributed by atoms with E-state index in [0.717, 1.165) is 6.42 Å². The Balaban J connectivity index is 1.68. The first kappa shape index (κ1) is 13.9. The molecule has 7 nitrogen and oxygen atoms in total. The number of thioether (sulfide) groups is 1. The number of hydrogen-bond donors (Lipinski definition) is 1. The molecule has 1 N–H and O–H groups in total. The summed E-state index contributed by atoms with van der Waals surface area (Å²) in [4.78, 5) is 21.6. The van der Waals surface area contributed by atoms with Gasteiger partial charge in [-0.05, 0) is 18.6 Å². The Bertz CT molecular complexity index is 457. The topological polar surface area (TPSA) is 90.1 Å². The van der Waals surface area contributed by atoms with Gasteiger partial charge in [0.2, 0.25) is 5.91 Å². The molecular weight excluding hydrogens is 268 g/mol. The lowest BCUT2D eigenvalue weighted by atomic mass is 10.2. The Hall–Kier alpha value is -1.57.